The third-order valence-corrected chi connectivity index (χ3v) is 2.01. The minimum Gasteiger partial charge on any atom is -0.465 e. The topological polar surface area (TPSA) is 56.1 Å². The number of nitrogens with zero attached hydrogens (tertiary/aromatic N) is 2. The number of nitrogens with one attached hydrogen (secondary N) is 1. The Hall–Kier alpha value is -1.36. The normalized spacial score (nSPS) is 12.5. The van der Waals surface area contributed by atoms with E-state index in [1.54, 1.807) is 24.7 Å². The zero-order valence-electron chi connectivity index (χ0n) is 9.36. The molecule has 0 saturated carbocycles. The molecule has 0 aliphatic heterocycles. The zero-order valence-corrected chi connectivity index (χ0v) is 9.36. The highest BCUT2D eigenvalue weighted by Gasteiger charge is 2.12. The monoisotopic (exact) mass is 211 g/mol. The second-order valence-electron chi connectivity index (χ2n) is 3.38. The van der Waals surface area contributed by atoms with Crippen LogP contribution in [-0.2, 0) is 23.1 Å². The van der Waals surface area contributed by atoms with E-state index < -0.39 is 0 Å². The molecule has 5 heteroatoms. The number of aromatic nitrogens is 2. The Morgan fingerprint density at radius 2 is 2.47 bits per heavy atom. The molecular weight excluding hydrogens is 194 g/mol. The van der Waals surface area contributed by atoms with E-state index in [0.29, 0.717) is 13.2 Å². The van der Waals surface area contributed by atoms with E-state index in [9.17, 15) is 4.79 Å². The van der Waals surface area contributed by atoms with Gasteiger partial charge in [-0.3, -0.25) is 9.48 Å². The molecule has 5 nitrogen and oxygen atoms in total. The summed E-state index contributed by atoms with van der Waals surface area (Å²) < 4.78 is 6.60. The Labute approximate surface area is 89.4 Å². The molecule has 0 amide bonds. The predicted octanol–water partition coefficient (Wildman–Crippen LogP) is 0.461. The minimum absolute atomic E-state index is 0.221. The number of esters is 1. The van der Waals surface area contributed by atoms with Crippen molar-refractivity contribution in [3.05, 3.63) is 18.0 Å². The summed E-state index contributed by atoms with van der Waals surface area (Å²) in [6.45, 7) is 4.62. The fraction of sp³-hybridized carbons (Fsp3) is 0.600. The smallest absolute Gasteiger partial charge is 0.322 e. The van der Waals surface area contributed by atoms with Gasteiger partial charge in [0.05, 0.1) is 12.8 Å². The lowest BCUT2D eigenvalue weighted by Crippen LogP contribution is -2.34. The second-order valence-corrected chi connectivity index (χ2v) is 3.38. The van der Waals surface area contributed by atoms with Gasteiger partial charge in [0.25, 0.3) is 0 Å². The molecule has 15 heavy (non-hydrogen) atoms. The van der Waals surface area contributed by atoms with Gasteiger partial charge in [-0.15, -0.1) is 0 Å². The van der Waals surface area contributed by atoms with E-state index in [0.717, 1.165) is 5.56 Å². The summed E-state index contributed by atoms with van der Waals surface area (Å²) >= 11 is 0. The van der Waals surface area contributed by atoms with E-state index in [1.165, 1.54) is 0 Å². The first-order valence-corrected chi connectivity index (χ1v) is 5.01. The lowest BCUT2D eigenvalue weighted by Gasteiger charge is -2.11. The molecule has 0 spiro atoms. The highest BCUT2D eigenvalue weighted by atomic mass is 16.5. The Bertz CT molecular complexity index is 322. The summed E-state index contributed by atoms with van der Waals surface area (Å²) in [6.07, 6.45) is 3.68. The van der Waals surface area contributed by atoms with Crippen LogP contribution in [-0.4, -0.2) is 28.4 Å². The van der Waals surface area contributed by atoms with Gasteiger partial charge in [-0.2, -0.15) is 5.10 Å². The molecule has 1 aromatic rings. The van der Waals surface area contributed by atoms with Crippen molar-refractivity contribution in [2.24, 2.45) is 7.05 Å². The maximum Gasteiger partial charge on any atom is 0.322 e. The molecule has 1 aromatic heterocycles. The highest BCUT2D eigenvalue weighted by molar-refractivity contribution is 5.75. The van der Waals surface area contributed by atoms with E-state index in [4.69, 9.17) is 4.74 Å². The van der Waals surface area contributed by atoms with Crippen LogP contribution in [0.1, 0.15) is 19.4 Å². The van der Waals surface area contributed by atoms with Crippen molar-refractivity contribution >= 4 is 5.97 Å². The van der Waals surface area contributed by atoms with Crippen LogP contribution in [0, 0.1) is 0 Å². The van der Waals surface area contributed by atoms with E-state index >= 15 is 0 Å². The molecule has 1 atom stereocenters. The van der Waals surface area contributed by atoms with E-state index in [1.807, 2.05) is 13.2 Å². The van der Waals surface area contributed by atoms with Gasteiger partial charge in [0, 0.05) is 25.4 Å². The molecule has 0 aromatic carbocycles. The Morgan fingerprint density at radius 3 is 3.00 bits per heavy atom. The molecule has 0 aliphatic rings. The first-order valence-electron chi connectivity index (χ1n) is 5.01. The first-order chi connectivity index (χ1) is 7.13. The number of ether oxygens (including phenoxy) is 1. The molecule has 0 fully saturated rings. The fourth-order valence-corrected chi connectivity index (χ4v) is 1.18. The van der Waals surface area contributed by atoms with Crippen LogP contribution < -0.4 is 5.32 Å². The van der Waals surface area contributed by atoms with Gasteiger partial charge in [-0.25, -0.2) is 0 Å². The number of carbonyl (C=O) groups excluding carboxylic acids is 1. The quantitative estimate of drug-likeness (QED) is 0.719. The van der Waals surface area contributed by atoms with Gasteiger partial charge in [0.15, 0.2) is 0 Å². The summed E-state index contributed by atoms with van der Waals surface area (Å²) in [4.78, 5) is 11.3. The maximum atomic E-state index is 11.3. The Balaban J connectivity index is 2.33. The summed E-state index contributed by atoms with van der Waals surface area (Å²) in [5.41, 5.74) is 1.05. The van der Waals surface area contributed by atoms with E-state index in [-0.39, 0.29) is 12.0 Å². The molecule has 1 rings (SSSR count). The van der Waals surface area contributed by atoms with Crippen LogP contribution in [0.5, 0.6) is 0 Å². The molecule has 0 bridgehead atoms. The van der Waals surface area contributed by atoms with E-state index in [2.05, 4.69) is 10.4 Å². The SMILES string of the molecule is CCOC(=O)C(C)NCc1cnn(C)c1. The van der Waals surface area contributed by atoms with Crippen LogP contribution in [0.15, 0.2) is 12.4 Å². The van der Waals surface area contributed by atoms with Crippen molar-refractivity contribution in [2.75, 3.05) is 6.61 Å². The van der Waals surface area contributed by atoms with Gasteiger partial charge in [0.2, 0.25) is 0 Å². The third kappa shape index (κ3) is 3.71. The predicted molar refractivity (Wildman–Crippen MR) is 56.1 cm³/mol. The van der Waals surface area contributed by atoms with Crippen LogP contribution in [0.4, 0.5) is 0 Å². The minimum atomic E-state index is -0.287. The van der Waals surface area contributed by atoms with Crippen molar-refractivity contribution in [3.8, 4) is 0 Å². The van der Waals surface area contributed by atoms with Crippen LogP contribution in [0.3, 0.4) is 0 Å². The molecule has 0 saturated heterocycles. The van der Waals surface area contributed by atoms with Gasteiger partial charge >= 0.3 is 5.97 Å². The average molecular weight is 211 g/mol. The second kappa shape index (κ2) is 5.50. The Morgan fingerprint density at radius 1 is 1.73 bits per heavy atom. The van der Waals surface area contributed by atoms with Gasteiger partial charge in [-0.1, -0.05) is 0 Å². The fourth-order valence-electron chi connectivity index (χ4n) is 1.18. The molecule has 84 valence electrons. The van der Waals surface area contributed by atoms with Crippen LogP contribution >= 0.6 is 0 Å². The van der Waals surface area contributed by atoms with Gasteiger partial charge in [-0.05, 0) is 13.8 Å². The molecular formula is C10H17N3O2. The number of hydrogen-bond acceptors (Lipinski definition) is 4. The first kappa shape index (κ1) is 11.7. The van der Waals surface area contributed by atoms with Gasteiger partial charge < -0.3 is 10.1 Å². The lowest BCUT2D eigenvalue weighted by atomic mass is 10.3. The third-order valence-electron chi connectivity index (χ3n) is 2.01. The summed E-state index contributed by atoms with van der Waals surface area (Å²) in [7, 11) is 1.86. The van der Waals surface area contributed by atoms with Crippen LogP contribution in [0.25, 0.3) is 0 Å². The number of aryl methyl sites for hydroxylation is 1. The standard InChI is InChI=1S/C10H17N3O2/c1-4-15-10(14)8(2)11-5-9-6-12-13(3)7-9/h6-8,11H,4-5H2,1-3H3. The van der Waals surface area contributed by atoms with Crippen molar-refractivity contribution in [1.82, 2.24) is 15.1 Å². The van der Waals surface area contributed by atoms with Crippen LogP contribution in [0.2, 0.25) is 0 Å². The highest BCUT2D eigenvalue weighted by Crippen LogP contribution is 1.97. The zero-order chi connectivity index (χ0) is 11.3. The van der Waals surface area contributed by atoms with Crippen molar-refractivity contribution in [2.45, 2.75) is 26.4 Å². The number of carbonyl (C=O) groups is 1. The number of hydrogen-bond donors (Lipinski definition) is 1. The van der Waals surface area contributed by atoms with Gasteiger partial charge in [0.1, 0.15) is 6.04 Å². The molecule has 1 unspecified atom stereocenters. The van der Waals surface area contributed by atoms with Crippen molar-refractivity contribution < 1.29 is 9.53 Å². The molecule has 0 radical (unpaired) electrons. The summed E-state index contributed by atoms with van der Waals surface area (Å²) in [5.74, 6) is -0.221. The Kier molecular flexibility index (Phi) is 4.30. The maximum absolute atomic E-state index is 11.3. The largest absolute Gasteiger partial charge is 0.465 e. The summed E-state index contributed by atoms with van der Waals surface area (Å²) in [6, 6.07) is -0.287. The molecule has 1 N–H and O–H groups in total. The average Bonchev–Trinajstić information content (AvgIpc) is 2.61. The molecule has 1 heterocycles. The summed E-state index contributed by atoms with van der Waals surface area (Å²) in [5, 5.41) is 7.11. The molecule has 0 aliphatic carbocycles. The number of rotatable bonds is 5. The lowest BCUT2D eigenvalue weighted by molar-refractivity contribution is -0.145. The van der Waals surface area contributed by atoms with Crippen molar-refractivity contribution in [1.29, 1.82) is 0 Å². The van der Waals surface area contributed by atoms with Crippen molar-refractivity contribution in [3.63, 3.8) is 0 Å².